The minimum Gasteiger partial charge on any atom is -1.00 e. The highest BCUT2D eigenvalue weighted by atomic mass is 127. The van der Waals surface area contributed by atoms with E-state index in [1.165, 1.54) is 0 Å². The number of aryl methyl sites for hydroxylation is 1. The molecule has 2 aliphatic rings. The highest BCUT2D eigenvalue weighted by Crippen LogP contribution is 2.41. The molecule has 202 valence electrons. The summed E-state index contributed by atoms with van der Waals surface area (Å²) in [5, 5.41) is 0.656. The van der Waals surface area contributed by atoms with E-state index in [1.54, 1.807) is 41.4 Å². The van der Waals surface area contributed by atoms with Crippen molar-refractivity contribution < 1.29 is 51.3 Å². The van der Waals surface area contributed by atoms with Crippen LogP contribution in [0.25, 0.3) is 10.9 Å². The lowest BCUT2D eigenvalue weighted by atomic mass is 9.93. The van der Waals surface area contributed by atoms with Gasteiger partial charge < -0.3 is 38.3 Å². The SMILES string of the molecule is CC1CCc2c(N3CCN(C(=O)C(F)(F)F)CC3)c(Cl)cc3c(=O)c(C(=O)C[n+]4ccccc4)cn1c23.[I-]. The number of alkyl halides is 3. The average Bonchev–Trinajstić information content (AvgIpc) is 2.87. The monoisotopic (exact) mass is 660 g/mol. The Morgan fingerprint density at radius 2 is 1.76 bits per heavy atom. The maximum atomic E-state index is 13.5. The highest BCUT2D eigenvalue weighted by molar-refractivity contribution is 6.34. The van der Waals surface area contributed by atoms with Gasteiger partial charge in [0.05, 0.1) is 21.8 Å². The number of rotatable bonds is 4. The number of ketones is 1. The van der Waals surface area contributed by atoms with Crippen molar-refractivity contribution in [1.82, 2.24) is 9.47 Å². The minimum atomic E-state index is -4.91. The number of carbonyl (C=O) groups is 2. The Labute approximate surface area is 238 Å². The van der Waals surface area contributed by atoms with Crippen LogP contribution in [0.1, 0.15) is 35.3 Å². The van der Waals surface area contributed by atoms with Crippen molar-refractivity contribution in [2.45, 2.75) is 38.5 Å². The number of aromatic nitrogens is 2. The van der Waals surface area contributed by atoms with Crippen molar-refractivity contribution in [1.29, 1.82) is 0 Å². The summed E-state index contributed by atoms with van der Waals surface area (Å²) in [4.78, 5) is 41.0. The molecule has 0 aliphatic carbocycles. The molecule has 0 saturated carbocycles. The fraction of sp³-hybridized carbons (Fsp3) is 0.385. The number of carbonyl (C=O) groups excluding carboxylic acids is 2. The van der Waals surface area contributed by atoms with Crippen molar-refractivity contribution in [3.05, 3.63) is 69.2 Å². The quantitative estimate of drug-likeness (QED) is 0.233. The van der Waals surface area contributed by atoms with Gasteiger partial charge in [-0.05, 0) is 25.8 Å². The van der Waals surface area contributed by atoms with Crippen LogP contribution in [0.15, 0.2) is 47.7 Å². The van der Waals surface area contributed by atoms with E-state index < -0.39 is 17.5 Å². The Hall–Kier alpha value is -2.67. The number of Topliss-reactive ketones (excluding diaryl/α,β-unsaturated/α-hetero) is 1. The molecule has 0 radical (unpaired) electrons. The highest BCUT2D eigenvalue weighted by Gasteiger charge is 2.43. The topological polar surface area (TPSA) is 66.5 Å². The molecule has 1 saturated heterocycles. The summed E-state index contributed by atoms with van der Waals surface area (Å²) in [6, 6.07) is 7.04. The third-order valence-corrected chi connectivity index (χ3v) is 7.44. The number of hydrogen-bond donors (Lipinski definition) is 0. The van der Waals surface area contributed by atoms with E-state index in [-0.39, 0.29) is 74.1 Å². The van der Waals surface area contributed by atoms with E-state index in [9.17, 15) is 27.6 Å². The third kappa shape index (κ3) is 5.14. The van der Waals surface area contributed by atoms with E-state index in [0.29, 0.717) is 28.0 Å². The summed E-state index contributed by atoms with van der Waals surface area (Å²) in [7, 11) is 0. The summed E-state index contributed by atoms with van der Waals surface area (Å²) in [5.74, 6) is -2.15. The molecule has 0 N–H and O–H groups in total. The van der Waals surface area contributed by atoms with E-state index in [1.807, 2.05) is 22.5 Å². The lowest BCUT2D eigenvalue weighted by Gasteiger charge is -2.39. The van der Waals surface area contributed by atoms with Gasteiger partial charge in [0.1, 0.15) is 0 Å². The van der Waals surface area contributed by atoms with Crippen molar-refractivity contribution in [3.8, 4) is 0 Å². The molecular weight excluding hydrogens is 636 g/mol. The van der Waals surface area contributed by atoms with Crippen LogP contribution >= 0.6 is 11.6 Å². The first kappa shape index (κ1) is 28.3. The molecule has 7 nitrogen and oxygen atoms in total. The number of piperazine rings is 1. The largest absolute Gasteiger partial charge is 1.00 e. The Morgan fingerprint density at radius 3 is 2.39 bits per heavy atom. The van der Waals surface area contributed by atoms with Crippen molar-refractivity contribution in [3.63, 3.8) is 0 Å². The second-order valence-electron chi connectivity index (χ2n) is 9.50. The molecule has 1 atom stereocenters. The molecule has 4 heterocycles. The molecule has 5 rings (SSSR count). The van der Waals surface area contributed by atoms with Gasteiger partial charge in [-0.25, -0.2) is 0 Å². The molecule has 1 fully saturated rings. The van der Waals surface area contributed by atoms with E-state index >= 15 is 0 Å². The lowest BCUT2D eigenvalue weighted by molar-refractivity contribution is -0.683. The summed E-state index contributed by atoms with van der Waals surface area (Å²) in [5.41, 5.74) is 1.90. The van der Waals surface area contributed by atoms with Gasteiger partial charge in [0.25, 0.3) is 0 Å². The Balaban J connectivity index is 0.00000336. The number of amides is 1. The number of nitrogens with zero attached hydrogens (tertiary/aromatic N) is 4. The van der Waals surface area contributed by atoms with Crippen LogP contribution < -0.4 is 38.9 Å². The van der Waals surface area contributed by atoms with Gasteiger partial charge in [0, 0.05) is 61.5 Å². The summed E-state index contributed by atoms with van der Waals surface area (Å²) < 4.78 is 42.2. The first-order chi connectivity index (χ1) is 17.6. The molecular formula is C26H25ClF3IN4O3. The van der Waals surface area contributed by atoms with Crippen molar-refractivity contribution >= 4 is 39.9 Å². The third-order valence-electron chi connectivity index (χ3n) is 7.16. The van der Waals surface area contributed by atoms with E-state index in [4.69, 9.17) is 11.6 Å². The second kappa shape index (κ2) is 10.8. The number of pyridine rings is 2. The Morgan fingerprint density at radius 1 is 1.11 bits per heavy atom. The zero-order valence-corrected chi connectivity index (χ0v) is 23.4. The number of hydrogen-bond acceptors (Lipinski definition) is 4. The van der Waals surface area contributed by atoms with Crippen LogP contribution in [0, 0.1) is 0 Å². The fourth-order valence-electron chi connectivity index (χ4n) is 5.28. The zero-order valence-electron chi connectivity index (χ0n) is 20.5. The molecule has 1 amide bonds. The number of halogens is 5. The fourth-order valence-corrected chi connectivity index (χ4v) is 5.62. The summed E-state index contributed by atoms with van der Waals surface area (Å²) in [6.07, 6.45) is 1.60. The minimum absolute atomic E-state index is 0. The average molecular weight is 661 g/mol. The van der Waals surface area contributed by atoms with E-state index in [2.05, 4.69) is 0 Å². The molecule has 12 heteroatoms. The molecule has 1 unspecified atom stereocenters. The van der Waals surface area contributed by atoms with Crippen LogP contribution in [0.3, 0.4) is 0 Å². The van der Waals surface area contributed by atoms with Crippen LogP contribution in [0.2, 0.25) is 5.02 Å². The second-order valence-corrected chi connectivity index (χ2v) is 9.90. The molecule has 3 aromatic rings. The number of benzene rings is 1. The molecule has 0 bridgehead atoms. The van der Waals surface area contributed by atoms with Gasteiger partial charge in [0.15, 0.2) is 12.4 Å². The van der Waals surface area contributed by atoms with Crippen molar-refractivity contribution in [2.24, 2.45) is 0 Å². The molecule has 1 aromatic carbocycles. The lowest BCUT2D eigenvalue weighted by Crippen LogP contribution is -3.00. The van der Waals surface area contributed by atoms with Crippen LogP contribution in [0.4, 0.5) is 18.9 Å². The first-order valence-electron chi connectivity index (χ1n) is 12.0. The zero-order chi connectivity index (χ0) is 26.5. The molecule has 0 spiro atoms. The van der Waals surface area contributed by atoms with E-state index in [0.717, 1.165) is 16.9 Å². The van der Waals surface area contributed by atoms with Crippen LogP contribution in [-0.2, 0) is 17.8 Å². The number of anilines is 1. The first-order valence-corrected chi connectivity index (χ1v) is 12.4. The smallest absolute Gasteiger partial charge is 0.471 e. The predicted molar refractivity (Wildman–Crippen MR) is 132 cm³/mol. The maximum absolute atomic E-state index is 13.5. The van der Waals surface area contributed by atoms with Gasteiger partial charge in [-0.3, -0.25) is 14.4 Å². The van der Waals surface area contributed by atoms with Gasteiger partial charge in [-0.2, -0.15) is 17.7 Å². The normalized spacial score (nSPS) is 17.3. The van der Waals surface area contributed by atoms with Crippen LogP contribution in [0.5, 0.6) is 0 Å². The van der Waals surface area contributed by atoms with Crippen LogP contribution in [-0.4, -0.2) is 53.5 Å². The molecule has 2 aromatic heterocycles. The predicted octanol–water partition coefficient (Wildman–Crippen LogP) is 0.547. The van der Waals surface area contributed by atoms with Gasteiger partial charge in [-0.15, -0.1) is 0 Å². The van der Waals surface area contributed by atoms with Gasteiger partial charge >= 0.3 is 12.1 Å². The maximum Gasteiger partial charge on any atom is 0.471 e. The van der Waals surface area contributed by atoms with Gasteiger partial charge in [-0.1, -0.05) is 17.7 Å². The van der Waals surface area contributed by atoms with Gasteiger partial charge in [0.2, 0.25) is 17.8 Å². The Bertz CT molecular complexity index is 1450. The summed E-state index contributed by atoms with van der Waals surface area (Å²) in [6.45, 7) is 2.24. The summed E-state index contributed by atoms with van der Waals surface area (Å²) >= 11 is 6.70. The molecule has 2 aliphatic heterocycles. The van der Waals surface area contributed by atoms with Crippen molar-refractivity contribution in [2.75, 3.05) is 31.1 Å². The molecule has 38 heavy (non-hydrogen) atoms. The Kier molecular flexibility index (Phi) is 8.08. The standard InChI is InChI=1S/C26H25ClF3N4O3.HI/c1-16-5-6-17-22-18(24(36)19(14-34(16)22)21(35)15-31-7-3-2-4-8-31)13-20(27)23(17)32-9-11-33(12-10-32)25(37)26(28,29)30;/h2-4,7-8,13-14,16H,5-6,9-12,15H2,1H3;1H/q+1;/p-1.